The molecule has 1 N–H and O–H groups in total. The van der Waals surface area contributed by atoms with Gasteiger partial charge >= 0.3 is 0 Å². The smallest absolute Gasteiger partial charge is 0.269 e. The van der Waals surface area contributed by atoms with E-state index in [1.807, 2.05) is 0 Å². The predicted octanol–water partition coefficient (Wildman–Crippen LogP) is 4.93. The van der Waals surface area contributed by atoms with E-state index in [0.29, 0.717) is 23.5 Å². The minimum atomic E-state index is -0.467. The summed E-state index contributed by atoms with van der Waals surface area (Å²) in [5.41, 5.74) is 1.64. The van der Waals surface area contributed by atoms with Crippen LogP contribution in [0.2, 0.25) is 0 Å². The molecule has 0 atom stereocenters. The van der Waals surface area contributed by atoms with Crippen LogP contribution in [0.5, 0.6) is 5.75 Å². The highest BCUT2D eigenvalue weighted by Gasteiger charge is 2.03. The van der Waals surface area contributed by atoms with E-state index in [-0.39, 0.29) is 11.4 Å². The monoisotopic (exact) mass is 326 g/mol. The quantitative estimate of drug-likeness (QED) is 0.256. The first-order valence-corrected chi connectivity index (χ1v) is 7.59. The van der Waals surface area contributed by atoms with Crippen molar-refractivity contribution in [1.29, 1.82) is 0 Å². The molecule has 2 rings (SSSR count). The predicted molar refractivity (Wildman–Crippen MR) is 92.7 cm³/mol. The molecule has 0 bridgehead atoms. The van der Waals surface area contributed by atoms with Gasteiger partial charge in [-0.25, -0.2) is 0 Å². The maximum absolute atomic E-state index is 10.6. The summed E-state index contributed by atoms with van der Waals surface area (Å²) in [6.45, 7) is 2.80. The van der Waals surface area contributed by atoms with Gasteiger partial charge in [-0.05, 0) is 36.8 Å². The molecule has 0 saturated carbocycles. The van der Waals surface area contributed by atoms with Crippen LogP contribution >= 0.6 is 0 Å². The average Bonchev–Trinajstić information content (AvgIpc) is 2.59. The SMILES string of the molecule is CCCCN=Cc1cc(N=Nc2ccc([N+](=O)[O-])cc2)ccc1O. The van der Waals surface area contributed by atoms with Crippen LogP contribution in [0.1, 0.15) is 25.3 Å². The lowest BCUT2D eigenvalue weighted by atomic mass is 10.2. The number of aliphatic imine (C=N–C) groups is 1. The molecule has 0 aliphatic heterocycles. The molecule has 0 fully saturated rings. The number of hydrogen-bond donors (Lipinski definition) is 1. The second-order valence-electron chi connectivity index (χ2n) is 5.11. The van der Waals surface area contributed by atoms with E-state index in [0.717, 1.165) is 12.8 Å². The fraction of sp³-hybridized carbons (Fsp3) is 0.235. The van der Waals surface area contributed by atoms with Crippen LogP contribution in [-0.2, 0) is 0 Å². The van der Waals surface area contributed by atoms with E-state index < -0.39 is 4.92 Å². The Kier molecular flexibility index (Phi) is 6.13. The number of benzene rings is 2. The van der Waals surface area contributed by atoms with Gasteiger partial charge in [-0.2, -0.15) is 10.2 Å². The summed E-state index contributed by atoms with van der Waals surface area (Å²) in [6, 6.07) is 10.6. The highest BCUT2D eigenvalue weighted by atomic mass is 16.6. The van der Waals surface area contributed by atoms with Crippen molar-refractivity contribution in [2.45, 2.75) is 19.8 Å². The normalized spacial score (nSPS) is 11.4. The number of hydrogen-bond acceptors (Lipinski definition) is 6. The average molecular weight is 326 g/mol. The van der Waals surface area contributed by atoms with Crippen molar-refractivity contribution in [3.63, 3.8) is 0 Å². The van der Waals surface area contributed by atoms with Crippen LogP contribution in [0.15, 0.2) is 57.7 Å². The van der Waals surface area contributed by atoms with Crippen LogP contribution in [0, 0.1) is 10.1 Å². The first-order valence-electron chi connectivity index (χ1n) is 7.59. The Morgan fingerprint density at radius 3 is 2.46 bits per heavy atom. The second kappa shape index (κ2) is 8.52. The van der Waals surface area contributed by atoms with E-state index in [2.05, 4.69) is 22.1 Å². The standard InChI is InChI=1S/C17H18N4O3/c1-2-3-10-18-12-13-11-15(6-9-17(13)22)20-19-14-4-7-16(8-5-14)21(23)24/h4-9,11-12,22H,2-3,10H2,1H3. The van der Waals surface area contributed by atoms with E-state index >= 15 is 0 Å². The number of non-ortho nitro benzene ring substituents is 1. The molecule has 0 saturated heterocycles. The second-order valence-corrected chi connectivity index (χ2v) is 5.11. The van der Waals surface area contributed by atoms with Gasteiger partial charge < -0.3 is 5.11 Å². The van der Waals surface area contributed by atoms with Crippen molar-refractivity contribution in [3.05, 3.63) is 58.1 Å². The van der Waals surface area contributed by atoms with Crippen LogP contribution in [0.25, 0.3) is 0 Å². The number of rotatable bonds is 7. The zero-order valence-electron chi connectivity index (χ0n) is 13.3. The largest absolute Gasteiger partial charge is 0.507 e. The number of phenols is 1. The molecule has 2 aromatic carbocycles. The van der Waals surface area contributed by atoms with Crippen LogP contribution in [0.3, 0.4) is 0 Å². The minimum Gasteiger partial charge on any atom is -0.507 e. The van der Waals surface area contributed by atoms with Crippen molar-refractivity contribution in [3.8, 4) is 5.75 Å². The van der Waals surface area contributed by atoms with E-state index in [1.165, 1.54) is 30.3 Å². The molecule has 0 radical (unpaired) electrons. The first kappa shape index (κ1) is 17.3. The number of nitro groups is 1. The van der Waals surface area contributed by atoms with Crippen LogP contribution in [-0.4, -0.2) is 22.8 Å². The fourth-order valence-corrected chi connectivity index (χ4v) is 1.88. The van der Waals surface area contributed by atoms with E-state index in [9.17, 15) is 15.2 Å². The lowest BCUT2D eigenvalue weighted by Gasteiger charge is -2.00. The Morgan fingerprint density at radius 1 is 1.12 bits per heavy atom. The Balaban J connectivity index is 2.11. The molecule has 0 amide bonds. The summed E-state index contributed by atoms with van der Waals surface area (Å²) in [5.74, 6) is 0.129. The van der Waals surface area contributed by atoms with Gasteiger partial charge in [0.05, 0.1) is 16.3 Å². The number of aromatic hydroxyl groups is 1. The highest BCUT2D eigenvalue weighted by Crippen LogP contribution is 2.25. The summed E-state index contributed by atoms with van der Waals surface area (Å²) < 4.78 is 0. The van der Waals surface area contributed by atoms with E-state index in [4.69, 9.17) is 0 Å². The zero-order valence-corrected chi connectivity index (χ0v) is 13.3. The number of nitro benzene ring substituents is 1. The minimum absolute atomic E-state index is 0.00385. The molecule has 7 nitrogen and oxygen atoms in total. The summed E-state index contributed by atoms with van der Waals surface area (Å²) in [5, 5.41) is 28.5. The molecule has 124 valence electrons. The Bertz CT molecular complexity index is 755. The van der Waals surface area contributed by atoms with Crippen molar-refractivity contribution >= 4 is 23.3 Å². The zero-order chi connectivity index (χ0) is 17.4. The number of nitrogens with zero attached hydrogens (tertiary/aromatic N) is 4. The van der Waals surface area contributed by atoms with Gasteiger partial charge in [-0.3, -0.25) is 15.1 Å². The molecule has 0 aliphatic carbocycles. The number of azo groups is 1. The Hall–Kier alpha value is -3.09. The van der Waals surface area contributed by atoms with Crippen molar-refractivity contribution in [1.82, 2.24) is 0 Å². The van der Waals surface area contributed by atoms with Gasteiger partial charge in [0.25, 0.3) is 5.69 Å². The molecule has 0 heterocycles. The molecule has 0 aliphatic rings. The van der Waals surface area contributed by atoms with Crippen molar-refractivity contribution in [2.75, 3.05) is 6.54 Å². The van der Waals surface area contributed by atoms with E-state index in [1.54, 1.807) is 18.3 Å². The molecule has 0 spiro atoms. The topological polar surface area (TPSA) is 100 Å². The fourth-order valence-electron chi connectivity index (χ4n) is 1.88. The van der Waals surface area contributed by atoms with Crippen LogP contribution < -0.4 is 0 Å². The van der Waals surface area contributed by atoms with Crippen LogP contribution in [0.4, 0.5) is 17.1 Å². The van der Waals surface area contributed by atoms with Gasteiger partial charge in [0.1, 0.15) is 5.75 Å². The molecular weight excluding hydrogens is 308 g/mol. The summed E-state index contributed by atoms with van der Waals surface area (Å²) in [4.78, 5) is 14.4. The van der Waals surface area contributed by atoms with Gasteiger partial charge in [-0.15, -0.1) is 0 Å². The molecule has 7 heteroatoms. The van der Waals surface area contributed by atoms with Gasteiger partial charge in [0, 0.05) is 30.5 Å². The summed E-state index contributed by atoms with van der Waals surface area (Å²) in [6.07, 6.45) is 3.68. The maximum atomic E-state index is 10.6. The third-order valence-corrected chi connectivity index (χ3v) is 3.22. The lowest BCUT2D eigenvalue weighted by Crippen LogP contribution is -1.85. The summed E-state index contributed by atoms with van der Waals surface area (Å²) >= 11 is 0. The molecule has 2 aromatic rings. The molecule has 24 heavy (non-hydrogen) atoms. The highest BCUT2D eigenvalue weighted by molar-refractivity contribution is 5.84. The third-order valence-electron chi connectivity index (χ3n) is 3.22. The number of unbranched alkanes of at least 4 members (excludes halogenated alkanes) is 1. The third kappa shape index (κ3) is 4.98. The first-order chi connectivity index (χ1) is 11.6. The van der Waals surface area contributed by atoms with Gasteiger partial charge in [-0.1, -0.05) is 13.3 Å². The Labute approximate surface area is 139 Å². The number of phenolic OH excluding ortho intramolecular Hbond substituents is 1. The molecular formula is C17H18N4O3. The molecule has 0 aromatic heterocycles. The molecule has 0 unspecified atom stereocenters. The lowest BCUT2D eigenvalue weighted by molar-refractivity contribution is -0.384. The maximum Gasteiger partial charge on any atom is 0.269 e. The Morgan fingerprint density at radius 2 is 1.79 bits per heavy atom. The van der Waals surface area contributed by atoms with Crippen molar-refractivity contribution < 1.29 is 10.0 Å². The summed E-state index contributed by atoms with van der Waals surface area (Å²) in [7, 11) is 0. The van der Waals surface area contributed by atoms with Gasteiger partial charge in [0.2, 0.25) is 0 Å². The van der Waals surface area contributed by atoms with Gasteiger partial charge in [0.15, 0.2) is 0 Å². The van der Waals surface area contributed by atoms with Crippen molar-refractivity contribution in [2.24, 2.45) is 15.2 Å².